The second kappa shape index (κ2) is 6.50. The average molecular weight is 343 g/mol. The molecule has 1 fully saturated rings. The first-order valence-corrected chi connectivity index (χ1v) is 8.89. The van der Waals surface area contributed by atoms with Gasteiger partial charge in [0.05, 0.1) is 23.3 Å². The Labute approximate surface area is 149 Å². The monoisotopic (exact) mass is 343 g/mol. The number of aromatic nitrogens is 1. The van der Waals surface area contributed by atoms with Crippen LogP contribution < -0.4 is 5.46 Å². The van der Waals surface area contributed by atoms with E-state index in [-0.39, 0.29) is 6.09 Å². The lowest BCUT2D eigenvalue weighted by atomic mass is 9.79. The summed E-state index contributed by atoms with van der Waals surface area (Å²) in [5, 5.41) is 0.938. The third kappa shape index (κ3) is 3.21. The van der Waals surface area contributed by atoms with Crippen molar-refractivity contribution in [1.29, 1.82) is 0 Å². The Hall–Kier alpha value is -1.79. The molecule has 6 heteroatoms. The summed E-state index contributed by atoms with van der Waals surface area (Å²) in [4.78, 5) is 12.5. The van der Waals surface area contributed by atoms with E-state index in [1.54, 1.807) is 10.8 Å². The fourth-order valence-corrected chi connectivity index (χ4v) is 2.89. The highest BCUT2D eigenvalue weighted by molar-refractivity contribution is 6.65. The van der Waals surface area contributed by atoms with Gasteiger partial charge in [0.2, 0.25) is 0 Å². The van der Waals surface area contributed by atoms with Crippen LogP contribution >= 0.6 is 0 Å². The maximum absolute atomic E-state index is 12.5. The van der Waals surface area contributed by atoms with Crippen LogP contribution in [0.25, 0.3) is 10.9 Å². The minimum absolute atomic E-state index is 0.368. The van der Waals surface area contributed by atoms with Gasteiger partial charge in [0, 0.05) is 11.7 Å². The molecule has 1 aliphatic heterocycles. The summed E-state index contributed by atoms with van der Waals surface area (Å²) in [7, 11) is -0.514. The van der Waals surface area contributed by atoms with Crippen LogP contribution in [0.4, 0.5) is 4.79 Å². The number of hydrogen-bond acceptors (Lipinski definition) is 4. The molecule has 0 bridgehead atoms. The molecule has 0 unspecified atom stereocenters. The zero-order valence-electron chi connectivity index (χ0n) is 15.7. The second-order valence-electron chi connectivity index (χ2n) is 7.53. The predicted octanol–water partition coefficient (Wildman–Crippen LogP) is 3.73. The zero-order chi connectivity index (χ0) is 18.2. The molecule has 1 aromatic heterocycles. The minimum atomic E-state index is -0.514. The molecule has 0 N–H and O–H groups in total. The number of hydrogen-bond donors (Lipinski definition) is 0. The molecule has 0 atom stereocenters. The van der Waals surface area contributed by atoms with Crippen LogP contribution in [0, 0.1) is 0 Å². The van der Waals surface area contributed by atoms with Gasteiger partial charge in [-0.3, -0.25) is 4.57 Å². The molecule has 5 nitrogen and oxygen atoms in total. The van der Waals surface area contributed by atoms with E-state index in [9.17, 15) is 4.79 Å². The molecule has 2 aromatic rings. The number of fused-ring (bicyclic) bond motifs is 1. The summed E-state index contributed by atoms with van der Waals surface area (Å²) in [6.07, 6.45) is 3.25. The number of para-hydroxylation sites is 1. The molecule has 0 amide bonds. The van der Waals surface area contributed by atoms with Gasteiger partial charge in [0.25, 0.3) is 0 Å². The van der Waals surface area contributed by atoms with Crippen LogP contribution in [0.3, 0.4) is 0 Å². The van der Waals surface area contributed by atoms with Crippen LogP contribution in [0.2, 0.25) is 0 Å². The SMILES string of the molecule is CCCCOC(=O)n1cc(B2OC(C)(C)C(C)(C)O2)c2ccccc21. The van der Waals surface area contributed by atoms with E-state index in [1.165, 1.54) is 0 Å². The molecular formula is C19H26BNO4. The van der Waals surface area contributed by atoms with Crippen molar-refractivity contribution < 1.29 is 18.8 Å². The highest BCUT2D eigenvalue weighted by Crippen LogP contribution is 2.37. The van der Waals surface area contributed by atoms with Crippen molar-refractivity contribution in [3.05, 3.63) is 30.5 Å². The number of ether oxygens (including phenoxy) is 1. The van der Waals surface area contributed by atoms with Crippen molar-refractivity contribution in [3.63, 3.8) is 0 Å². The smallest absolute Gasteiger partial charge is 0.449 e. The van der Waals surface area contributed by atoms with E-state index in [0.29, 0.717) is 6.61 Å². The Morgan fingerprint density at radius 3 is 2.44 bits per heavy atom. The number of rotatable bonds is 4. The topological polar surface area (TPSA) is 49.7 Å². The Morgan fingerprint density at radius 2 is 1.80 bits per heavy atom. The van der Waals surface area contributed by atoms with Crippen LogP contribution in [0.5, 0.6) is 0 Å². The molecular weight excluding hydrogens is 317 g/mol. The molecule has 1 aliphatic rings. The lowest BCUT2D eigenvalue weighted by Gasteiger charge is -2.32. The normalized spacial score (nSPS) is 18.7. The molecule has 0 aliphatic carbocycles. The first-order chi connectivity index (χ1) is 11.8. The number of unbranched alkanes of at least 4 members (excludes halogenated alkanes) is 1. The van der Waals surface area contributed by atoms with Crippen LogP contribution in [0.15, 0.2) is 30.5 Å². The summed E-state index contributed by atoms with van der Waals surface area (Å²) in [5.41, 5.74) is 0.792. The first kappa shape index (κ1) is 18.0. The highest BCUT2D eigenvalue weighted by Gasteiger charge is 2.52. The fourth-order valence-electron chi connectivity index (χ4n) is 2.89. The summed E-state index contributed by atoms with van der Waals surface area (Å²) in [6.45, 7) is 10.6. The Morgan fingerprint density at radius 1 is 1.16 bits per heavy atom. The van der Waals surface area contributed by atoms with Gasteiger partial charge in [0.15, 0.2) is 0 Å². The van der Waals surface area contributed by atoms with E-state index in [4.69, 9.17) is 14.0 Å². The third-order valence-corrected chi connectivity index (χ3v) is 5.17. The van der Waals surface area contributed by atoms with E-state index in [2.05, 4.69) is 6.92 Å². The van der Waals surface area contributed by atoms with Gasteiger partial charge in [-0.1, -0.05) is 31.5 Å². The van der Waals surface area contributed by atoms with Gasteiger partial charge in [-0.25, -0.2) is 4.79 Å². The highest BCUT2D eigenvalue weighted by atomic mass is 16.7. The maximum Gasteiger partial charge on any atom is 0.497 e. The largest absolute Gasteiger partial charge is 0.497 e. The van der Waals surface area contributed by atoms with Crippen molar-refractivity contribution in [1.82, 2.24) is 4.57 Å². The minimum Gasteiger partial charge on any atom is -0.449 e. The van der Waals surface area contributed by atoms with Crippen molar-refractivity contribution in [2.24, 2.45) is 0 Å². The van der Waals surface area contributed by atoms with Gasteiger partial charge >= 0.3 is 13.2 Å². The molecule has 1 aromatic carbocycles. The summed E-state index contributed by atoms with van der Waals surface area (Å²) in [5.74, 6) is 0. The van der Waals surface area contributed by atoms with E-state index in [0.717, 1.165) is 29.2 Å². The third-order valence-electron chi connectivity index (χ3n) is 5.17. The van der Waals surface area contributed by atoms with E-state index >= 15 is 0 Å². The van der Waals surface area contributed by atoms with Crippen molar-refractivity contribution in [2.45, 2.75) is 58.7 Å². The van der Waals surface area contributed by atoms with Gasteiger partial charge < -0.3 is 14.0 Å². The van der Waals surface area contributed by atoms with Crippen molar-refractivity contribution in [3.8, 4) is 0 Å². The van der Waals surface area contributed by atoms with Crippen LogP contribution in [0.1, 0.15) is 47.5 Å². The molecule has 0 spiro atoms. The quantitative estimate of drug-likeness (QED) is 0.627. The van der Waals surface area contributed by atoms with E-state index in [1.807, 2.05) is 52.0 Å². The fraction of sp³-hybridized carbons (Fsp3) is 0.526. The van der Waals surface area contributed by atoms with Crippen LogP contribution in [-0.2, 0) is 14.0 Å². The number of nitrogens with zero attached hydrogens (tertiary/aromatic N) is 1. The summed E-state index contributed by atoms with van der Waals surface area (Å²) < 4.78 is 19.2. The number of carbonyl (C=O) groups excluding carboxylic acids is 1. The van der Waals surface area contributed by atoms with Gasteiger partial charge in [-0.2, -0.15) is 0 Å². The molecule has 0 radical (unpaired) electrons. The Bertz CT molecular complexity index is 765. The molecule has 134 valence electrons. The molecule has 1 saturated heterocycles. The van der Waals surface area contributed by atoms with Gasteiger partial charge in [-0.15, -0.1) is 0 Å². The molecule has 25 heavy (non-hydrogen) atoms. The second-order valence-corrected chi connectivity index (χ2v) is 7.53. The van der Waals surface area contributed by atoms with Crippen molar-refractivity contribution in [2.75, 3.05) is 6.61 Å². The van der Waals surface area contributed by atoms with Gasteiger partial charge in [0.1, 0.15) is 0 Å². The molecule has 3 rings (SSSR count). The molecule has 0 saturated carbocycles. The van der Waals surface area contributed by atoms with Gasteiger partial charge in [-0.05, 0) is 45.6 Å². The lowest BCUT2D eigenvalue weighted by Crippen LogP contribution is -2.41. The first-order valence-electron chi connectivity index (χ1n) is 8.89. The summed E-state index contributed by atoms with van der Waals surface area (Å²) >= 11 is 0. The lowest BCUT2D eigenvalue weighted by molar-refractivity contribution is 0.00578. The molecule has 2 heterocycles. The standard InChI is InChI=1S/C19H26BNO4/c1-6-7-12-23-17(22)21-13-15(14-10-8-9-11-16(14)21)20-24-18(2,3)19(4,5)25-20/h8-11,13H,6-7,12H2,1-5H3. The summed E-state index contributed by atoms with van der Waals surface area (Å²) in [6, 6.07) is 7.74. The van der Waals surface area contributed by atoms with Crippen LogP contribution in [-0.4, -0.2) is 35.6 Å². The predicted molar refractivity (Wildman–Crippen MR) is 99.3 cm³/mol. The number of benzene rings is 1. The average Bonchev–Trinajstić information content (AvgIpc) is 3.02. The Kier molecular flexibility index (Phi) is 4.69. The maximum atomic E-state index is 12.5. The number of carbonyl (C=O) groups is 1. The van der Waals surface area contributed by atoms with E-state index < -0.39 is 18.3 Å². The zero-order valence-corrected chi connectivity index (χ0v) is 15.7. The van der Waals surface area contributed by atoms with Crippen molar-refractivity contribution >= 4 is 29.6 Å². The Balaban J connectivity index is 1.96.